The van der Waals surface area contributed by atoms with Crippen LogP contribution in [0.4, 0.5) is 11.4 Å². The standard InChI is InChI=1S/C12H13ClN2O4/c1-3-4-7(2)14-11-9(12(16)17)5-8(15(18)19)6-10(11)13/h3,5-7,14H,1,4H2,2H3,(H,16,17). The Labute approximate surface area is 114 Å². The van der Waals surface area contributed by atoms with E-state index in [0.29, 0.717) is 6.42 Å². The van der Waals surface area contributed by atoms with Gasteiger partial charge in [-0.3, -0.25) is 10.1 Å². The largest absolute Gasteiger partial charge is 0.478 e. The molecule has 6 nitrogen and oxygen atoms in total. The molecule has 0 radical (unpaired) electrons. The van der Waals surface area contributed by atoms with Crippen LogP contribution in [0, 0.1) is 10.1 Å². The van der Waals surface area contributed by atoms with Gasteiger partial charge in [-0.1, -0.05) is 17.7 Å². The first-order valence-corrected chi connectivity index (χ1v) is 5.83. The zero-order chi connectivity index (χ0) is 14.6. The molecule has 0 spiro atoms. The summed E-state index contributed by atoms with van der Waals surface area (Å²) in [4.78, 5) is 21.1. The minimum absolute atomic E-state index is 0.00233. The average molecular weight is 285 g/mol. The molecule has 102 valence electrons. The second-order valence-corrected chi connectivity index (χ2v) is 4.39. The Bertz CT molecular complexity index is 531. The fraction of sp³-hybridized carbons (Fsp3) is 0.250. The maximum absolute atomic E-state index is 11.1. The fourth-order valence-electron chi connectivity index (χ4n) is 1.57. The molecule has 0 amide bonds. The lowest BCUT2D eigenvalue weighted by atomic mass is 10.1. The van der Waals surface area contributed by atoms with Crippen molar-refractivity contribution in [1.82, 2.24) is 0 Å². The number of anilines is 1. The van der Waals surface area contributed by atoms with Gasteiger partial charge in [0, 0.05) is 18.2 Å². The molecule has 1 atom stereocenters. The summed E-state index contributed by atoms with van der Waals surface area (Å²) in [6.07, 6.45) is 2.28. The number of carboxylic acids is 1. The lowest BCUT2D eigenvalue weighted by Crippen LogP contribution is -2.17. The van der Waals surface area contributed by atoms with Crippen molar-refractivity contribution in [2.45, 2.75) is 19.4 Å². The van der Waals surface area contributed by atoms with Crippen molar-refractivity contribution in [3.05, 3.63) is 45.5 Å². The number of benzene rings is 1. The lowest BCUT2D eigenvalue weighted by Gasteiger charge is -2.16. The molecule has 0 saturated carbocycles. The summed E-state index contributed by atoms with van der Waals surface area (Å²) in [5.41, 5.74) is -0.409. The van der Waals surface area contributed by atoms with E-state index in [4.69, 9.17) is 16.7 Å². The number of hydrogen-bond acceptors (Lipinski definition) is 4. The number of nitro groups is 1. The Kier molecular flexibility index (Phi) is 4.88. The summed E-state index contributed by atoms with van der Waals surface area (Å²) in [7, 11) is 0. The molecule has 0 aliphatic carbocycles. The second-order valence-electron chi connectivity index (χ2n) is 3.98. The number of nitrogens with zero attached hydrogens (tertiary/aromatic N) is 1. The highest BCUT2D eigenvalue weighted by molar-refractivity contribution is 6.34. The van der Waals surface area contributed by atoms with Crippen LogP contribution in [-0.4, -0.2) is 22.0 Å². The van der Waals surface area contributed by atoms with Crippen molar-refractivity contribution in [2.75, 3.05) is 5.32 Å². The van der Waals surface area contributed by atoms with Crippen molar-refractivity contribution in [1.29, 1.82) is 0 Å². The van der Waals surface area contributed by atoms with Gasteiger partial charge in [0.05, 0.1) is 21.2 Å². The van der Waals surface area contributed by atoms with Gasteiger partial charge in [0.2, 0.25) is 0 Å². The molecule has 19 heavy (non-hydrogen) atoms. The Balaban J connectivity index is 3.25. The molecule has 1 unspecified atom stereocenters. The molecule has 0 aliphatic heterocycles. The van der Waals surface area contributed by atoms with Gasteiger partial charge in [-0.05, 0) is 13.3 Å². The highest BCUT2D eigenvalue weighted by Crippen LogP contribution is 2.32. The van der Waals surface area contributed by atoms with Crippen LogP contribution < -0.4 is 5.32 Å². The van der Waals surface area contributed by atoms with Crippen LogP contribution in [0.25, 0.3) is 0 Å². The molecular formula is C12H13ClN2O4. The number of carboxylic acid groups (broad SMARTS) is 1. The van der Waals surface area contributed by atoms with Gasteiger partial charge in [-0.25, -0.2) is 4.79 Å². The third kappa shape index (κ3) is 3.69. The molecule has 1 rings (SSSR count). The molecule has 0 saturated heterocycles. The van der Waals surface area contributed by atoms with Gasteiger partial charge >= 0.3 is 5.97 Å². The Morgan fingerprint density at radius 1 is 1.68 bits per heavy atom. The Morgan fingerprint density at radius 3 is 2.79 bits per heavy atom. The summed E-state index contributed by atoms with van der Waals surface area (Å²) >= 11 is 5.91. The summed E-state index contributed by atoms with van der Waals surface area (Å²) in [5, 5.41) is 22.7. The smallest absolute Gasteiger partial charge is 0.338 e. The Hall–Kier alpha value is -2.08. The van der Waals surface area contributed by atoms with Gasteiger partial charge in [0.15, 0.2) is 0 Å². The van der Waals surface area contributed by atoms with Gasteiger partial charge in [0.25, 0.3) is 5.69 Å². The molecule has 0 fully saturated rings. The number of halogens is 1. The van der Waals surface area contributed by atoms with E-state index in [1.54, 1.807) is 6.08 Å². The first-order valence-electron chi connectivity index (χ1n) is 5.45. The van der Waals surface area contributed by atoms with Gasteiger partial charge in [-0.15, -0.1) is 6.58 Å². The number of carbonyl (C=O) groups is 1. The number of aromatic carboxylic acids is 1. The van der Waals surface area contributed by atoms with Crippen molar-refractivity contribution >= 4 is 28.9 Å². The zero-order valence-corrected chi connectivity index (χ0v) is 11.0. The molecule has 0 bridgehead atoms. The summed E-state index contributed by atoms with van der Waals surface area (Å²) in [6.45, 7) is 5.41. The van der Waals surface area contributed by atoms with Gasteiger partial charge < -0.3 is 10.4 Å². The lowest BCUT2D eigenvalue weighted by molar-refractivity contribution is -0.384. The number of rotatable bonds is 6. The van der Waals surface area contributed by atoms with E-state index in [2.05, 4.69) is 11.9 Å². The van der Waals surface area contributed by atoms with Crippen LogP contribution in [-0.2, 0) is 0 Å². The maximum Gasteiger partial charge on any atom is 0.338 e. The SMILES string of the molecule is C=CCC(C)Nc1c(Cl)cc([N+](=O)[O-])cc1C(=O)O. The van der Waals surface area contributed by atoms with Crippen LogP contribution >= 0.6 is 11.6 Å². The highest BCUT2D eigenvalue weighted by atomic mass is 35.5. The topological polar surface area (TPSA) is 92.5 Å². The van der Waals surface area contributed by atoms with Gasteiger partial charge in [-0.2, -0.15) is 0 Å². The summed E-state index contributed by atoms with van der Waals surface area (Å²) in [5.74, 6) is -1.28. The summed E-state index contributed by atoms with van der Waals surface area (Å²) in [6, 6.07) is 2.02. The predicted molar refractivity (Wildman–Crippen MR) is 73.0 cm³/mol. The normalized spacial score (nSPS) is 11.7. The minimum atomic E-state index is -1.28. The van der Waals surface area contributed by atoms with Crippen molar-refractivity contribution in [3.8, 4) is 0 Å². The quantitative estimate of drug-likeness (QED) is 0.475. The summed E-state index contributed by atoms with van der Waals surface area (Å²) < 4.78 is 0. The second kappa shape index (κ2) is 6.19. The Morgan fingerprint density at radius 2 is 2.32 bits per heavy atom. The van der Waals surface area contributed by atoms with Crippen molar-refractivity contribution < 1.29 is 14.8 Å². The number of nitro benzene ring substituents is 1. The van der Waals surface area contributed by atoms with E-state index in [9.17, 15) is 14.9 Å². The van der Waals surface area contributed by atoms with Gasteiger partial charge in [0.1, 0.15) is 0 Å². The highest BCUT2D eigenvalue weighted by Gasteiger charge is 2.20. The number of nitrogens with one attached hydrogen (secondary N) is 1. The molecule has 2 N–H and O–H groups in total. The number of non-ortho nitro benzene ring substituents is 1. The fourth-order valence-corrected chi connectivity index (χ4v) is 1.84. The predicted octanol–water partition coefficient (Wildman–Crippen LogP) is 3.32. The third-order valence-electron chi connectivity index (χ3n) is 2.43. The van der Waals surface area contributed by atoms with E-state index >= 15 is 0 Å². The van der Waals surface area contributed by atoms with Crippen molar-refractivity contribution in [3.63, 3.8) is 0 Å². The zero-order valence-electron chi connectivity index (χ0n) is 10.2. The van der Waals surface area contributed by atoms with E-state index in [1.165, 1.54) is 0 Å². The number of hydrogen-bond donors (Lipinski definition) is 2. The van der Waals surface area contributed by atoms with Crippen LogP contribution in [0.15, 0.2) is 24.8 Å². The first kappa shape index (κ1) is 15.0. The van der Waals surface area contributed by atoms with Crippen LogP contribution in [0.2, 0.25) is 5.02 Å². The van der Waals surface area contributed by atoms with E-state index in [-0.39, 0.29) is 28.0 Å². The molecule has 7 heteroatoms. The van der Waals surface area contributed by atoms with Crippen LogP contribution in [0.1, 0.15) is 23.7 Å². The first-order chi connectivity index (χ1) is 8.86. The van der Waals surface area contributed by atoms with Crippen LogP contribution in [0.5, 0.6) is 0 Å². The molecular weight excluding hydrogens is 272 g/mol. The molecule has 1 aromatic carbocycles. The molecule has 0 aliphatic rings. The minimum Gasteiger partial charge on any atom is -0.478 e. The van der Waals surface area contributed by atoms with E-state index in [1.807, 2.05) is 6.92 Å². The third-order valence-corrected chi connectivity index (χ3v) is 2.73. The molecule has 0 heterocycles. The van der Waals surface area contributed by atoms with Crippen LogP contribution in [0.3, 0.4) is 0 Å². The van der Waals surface area contributed by atoms with E-state index < -0.39 is 10.9 Å². The van der Waals surface area contributed by atoms with E-state index in [0.717, 1.165) is 12.1 Å². The molecule has 1 aromatic rings. The monoisotopic (exact) mass is 284 g/mol. The maximum atomic E-state index is 11.1. The van der Waals surface area contributed by atoms with Crippen molar-refractivity contribution in [2.24, 2.45) is 0 Å². The average Bonchev–Trinajstić information content (AvgIpc) is 2.31. The molecule has 0 aromatic heterocycles.